The van der Waals surface area contributed by atoms with Crippen LogP contribution in [0, 0.1) is 0 Å². The second-order valence-electron chi connectivity index (χ2n) is 6.37. The number of carbonyl (C=O) groups excluding carboxylic acids is 1. The number of ketones is 1. The van der Waals surface area contributed by atoms with Crippen LogP contribution in [0.5, 0.6) is 0 Å². The summed E-state index contributed by atoms with van der Waals surface area (Å²) >= 11 is 0. The number of hydrogen-bond acceptors (Lipinski definition) is 2. The Morgan fingerprint density at radius 2 is 1.14 bits per heavy atom. The van der Waals surface area contributed by atoms with E-state index in [1.807, 2.05) is 0 Å². The molecule has 0 spiro atoms. The molecule has 0 fully saturated rings. The van der Waals surface area contributed by atoms with E-state index in [9.17, 15) is 4.79 Å². The molecule has 0 rings (SSSR count). The van der Waals surface area contributed by atoms with E-state index in [1.54, 1.807) is 0 Å². The van der Waals surface area contributed by atoms with Crippen molar-refractivity contribution in [3.63, 3.8) is 0 Å². The molecular weight excluding hydrogens is 258 g/mol. The van der Waals surface area contributed by atoms with Crippen molar-refractivity contribution in [3.8, 4) is 0 Å². The highest BCUT2D eigenvalue weighted by atomic mass is 16.1. The van der Waals surface area contributed by atoms with E-state index in [1.165, 1.54) is 77.0 Å². The zero-order valence-corrected chi connectivity index (χ0v) is 14.3. The van der Waals surface area contributed by atoms with Crippen molar-refractivity contribution in [3.05, 3.63) is 12.3 Å². The first kappa shape index (κ1) is 20.2. The number of carbonyl (C=O) groups is 1. The van der Waals surface area contributed by atoms with Gasteiger partial charge in [0.1, 0.15) is 5.78 Å². The van der Waals surface area contributed by atoms with Crippen molar-refractivity contribution < 1.29 is 4.79 Å². The highest BCUT2D eigenvalue weighted by Crippen LogP contribution is 2.13. The maximum absolute atomic E-state index is 11.4. The summed E-state index contributed by atoms with van der Waals surface area (Å²) < 4.78 is 0. The van der Waals surface area contributed by atoms with Crippen molar-refractivity contribution in [2.75, 3.05) is 0 Å². The summed E-state index contributed by atoms with van der Waals surface area (Å²) in [6, 6.07) is 0. The molecule has 0 aliphatic heterocycles. The van der Waals surface area contributed by atoms with Crippen LogP contribution in [0.25, 0.3) is 0 Å². The number of allylic oxidation sites excluding steroid dienone is 1. The van der Waals surface area contributed by atoms with Crippen LogP contribution in [0.4, 0.5) is 0 Å². The number of unbranched alkanes of at least 4 members (excludes halogenated alkanes) is 12. The summed E-state index contributed by atoms with van der Waals surface area (Å²) in [5.74, 6) is 0.241. The zero-order valence-electron chi connectivity index (χ0n) is 14.3. The first-order chi connectivity index (χ1) is 10.2. The third kappa shape index (κ3) is 17.2. The van der Waals surface area contributed by atoms with Gasteiger partial charge in [-0.2, -0.15) is 0 Å². The molecule has 0 bridgehead atoms. The van der Waals surface area contributed by atoms with E-state index < -0.39 is 0 Å². The largest absolute Gasteiger partial charge is 0.402 e. The summed E-state index contributed by atoms with van der Waals surface area (Å²) in [5.41, 5.74) is 5.92. The molecule has 0 saturated heterocycles. The zero-order chi connectivity index (χ0) is 15.8. The molecule has 0 aliphatic rings. The lowest BCUT2D eigenvalue weighted by Gasteiger charge is -2.03. The minimum absolute atomic E-state index is 0.241. The quantitative estimate of drug-likeness (QED) is 0.360. The van der Waals surface area contributed by atoms with Crippen molar-refractivity contribution >= 4 is 5.78 Å². The van der Waals surface area contributed by atoms with Gasteiger partial charge in [0.05, 0.1) is 0 Å². The summed E-state index contributed by atoms with van der Waals surface area (Å²) in [7, 11) is 0. The molecule has 0 amide bonds. The maximum Gasteiger partial charge on any atom is 0.138 e. The average molecular weight is 296 g/mol. The third-order valence-corrected chi connectivity index (χ3v) is 3.98. The minimum atomic E-state index is 0.241. The molecule has 2 N–H and O–H groups in total. The minimum Gasteiger partial charge on any atom is -0.402 e. The Bertz CT molecular complexity index is 260. The van der Waals surface area contributed by atoms with E-state index in [2.05, 4.69) is 13.5 Å². The SMILES string of the molecule is C=C(N)CC(=O)CCCCCCCCCCCCCCC. The van der Waals surface area contributed by atoms with Crippen molar-refractivity contribution in [2.24, 2.45) is 5.73 Å². The van der Waals surface area contributed by atoms with Crippen LogP contribution in [0.15, 0.2) is 12.3 Å². The van der Waals surface area contributed by atoms with Crippen LogP contribution in [-0.4, -0.2) is 5.78 Å². The smallest absolute Gasteiger partial charge is 0.138 e. The van der Waals surface area contributed by atoms with E-state index >= 15 is 0 Å². The predicted octanol–water partition coefficient (Wildman–Crippen LogP) is 5.90. The predicted molar refractivity (Wildman–Crippen MR) is 93.3 cm³/mol. The fraction of sp³-hybridized carbons (Fsp3) is 0.842. The molecule has 21 heavy (non-hydrogen) atoms. The summed E-state index contributed by atoms with van der Waals surface area (Å²) in [6.07, 6.45) is 18.4. The van der Waals surface area contributed by atoms with Crippen molar-refractivity contribution in [1.82, 2.24) is 0 Å². The molecule has 124 valence electrons. The van der Waals surface area contributed by atoms with Gasteiger partial charge in [-0.1, -0.05) is 90.6 Å². The lowest BCUT2D eigenvalue weighted by Crippen LogP contribution is -2.04. The normalized spacial score (nSPS) is 10.7. The standard InChI is InChI=1S/C19H37NO/c1-3-4-5-6-7-8-9-10-11-12-13-14-15-16-19(21)17-18(2)20/h2-17,20H2,1H3. The molecule has 0 unspecified atom stereocenters. The molecule has 0 atom stereocenters. The Morgan fingerprint density at radius 1 is 0.762 bits per heavy atom. The first-order valence-electron chi connectivity index (χ1n) is 9.11. The Morgan fingerprint density at radius 3 is 1.52 bits per heavy atom. The lowest BCUT2D eigenvalue weighted by molar-refractivity contribution is -0.118. The monoisotopic (exact) mass is 295 g/mol. The Labute approximate surface area is 132 Å². The molecule has 0 heterocycles. The number of rotatable bonds is 16. The molecule has 2 heteroatoms. The highest BCUT2D eigenvalue weighted by Gasteiger charge is 2.01. The summed E-state index contributed by atoms with van der Waals surface area (Å²) in [5, 5.41) is 0. The van der Waals surface area contributed by atoms with Crippen LogP contribution in [0.2, 0.25) is 0 Å². The fourth-order valence-corrected chi connectivity index (χ4v) is 2.68. The van der Waals surface area contributed by atoms with E-state index in [0.29, 0.717) is 18.5 Å². The molecule has 0 aromatic carbocycles. The second kappa shape index (κ2) is 15.6. The number of nitrogens with two attached hydrogens (primary N) is 1. The third-order valence-electron chi connectivity index (χ3n) is 3.98. The number of hydrogen-bond donors (Lipinski definition) is 1. The van der Waals surface area contributed by atoms with Crippen LogP contribution in [-0.2, 0) is 4.79 Å². The van der Waals surface area contributed by atoms with Gasteiger partial charge in [0.2, 0.25) is 0 Å². The van der Waals surface area contributed by atoms with Gasteiger partial charge in [0, 0.05) is 18.5 Å². The summed E-state index contributed by atoms with van der Waals surface area (Å²) in [4.78, 5) is 11.4. The van der Waals surface area contributed by atoms with Gasteiger partial charge in [0.25, 0.3) is 0 Å². The van der Waals surface area contributed by atoms with Gasteiger partial charge in [-0.25, -0.2) is 0 Å². The molecule has 0 saturated carbocycles. The fourth-order valence-electron chi connectivity index (χ4n) is 2.68. The maximum atomic E-state index is 11.4. The lowest BCUT2D eigenvalue weighted by atomic mass is 10.0. The van der Waals surface area contributed by atoms with Crippen molar-refractivity contribution in [2.45, 2.75) is 103 Å². The van der Waals surface area contributed by atoms with Crippen LogP contribution in [0.1, 0.15) is 103 Å². The van der Waals surface area contributed by atoms with Crippen LogP contribution in [0.3, 0.4) is 0 Å². The van der Waals surface area contributed by atoms with Crippen molar-refractivity contribution in [1.29, 1.82) is 0 Å². The van der Waals surface area contributed by atoms with Gasteiger partial charge in [0.15, 0.2) is 0 Å². The molecular formula is C19H37NO. The van der Waals surface area contributed by atoms with Gasteiger partial charge in [-0.3, -0.25) is 4.79 Å². The number of Topliss-reactive ketones (excluding diaryl/α,β-unsaturated/α-hetero) is 1. The van der Waals surface area contributed by atoms with E-state index in [4.69, 9.17) is 5.73 Å². The van der Waals surface area contributed by atoms with Gasteiger partial charge in [-0.05, 0) is 6.42 Å². The average Bonchev–Trinajstić information content (AvgIpc) is 2.43. The topological polar surface area (TPSA) is 43.1 Å². The van der Waals surface area contributed by atoms with Gasteiger partial charge in [-0.15, -0.1) is 0 Å². The second-order valence-corrected chi connectivity index (χ2v) is 6.37. The molecule has 2 nitrogen and oxygen atoms in total. The first-order valence-corrected chi connectivity index (χ1v) is 9.11. The summed E-state index contributed by atoms with van der Waals surface area (Å²) in [6.45, 7) is 5.83. The van der Waals surface area contributed by atoms with E-state index in [0.717, 1.165) is 6.42 Å². The molecule has 0 aromatic rings. The van der Waals surface area contributed by atoms with Crippen LogP contribution >= 0.6 is 0 Å². The van der Waals surface area contributed by atoms with Crippen LogP contribution < -0.4 is 5.73 Å². The Hall–Kier alpha value is -0.790. The Balaban J connectivity index is 3.09. The van der Waals surface area contributed by atoms with E-state index in [-0.39, 0.29) is 5.78 Å². The molecule has 0 aliphatic carbocycles. The van der Waals surface area contributed by atoms with Gasteiger partial charge >= 0.3 is 0 Å². The highest BCUT2D eigenvalue weighted by molar-refractivity contribution is 5.80. The molecule has 0 aromatic heterocycles. The Kier molecular flexibility index (Phi) is 15.0. The molecule has 0 radical (unpaired) electrons. The van der Waals surface area contributed by atoms with Gasteiger partial charge < -0.3 is 5.73 Å².